The van der Waals surface area contributed by atoms with Crippen LogP contribution >= 0.6 is 0 Å². The van der Waals surface area contributed by atoms with Crippen LogP contribution in [-0.4, -0.2) is 43.3 Å². The largest absolute Gasteiger partial charge is 0.506 e. The van der Waals surface area contributed by atoms with Crippen molar-refractivity contribution in [2.75, 3.05) is 0 Å². The van der Waals surface area contributed by atoms with Crippen molar-refractivity contribution >= 4 is 11.9 Å². The first-order valence-electron chi connectivity index (χ1n) is 9.21. The number of rotatable bonds is 6. The van der Waals surface area contributed by atoms with Gasteiger partial charge in [0.15, 0.2) is 0 Å². The fourth-order valence-corrected chi connectivity index (χ4v) is 3.07. The van der Waals surface area contributed by atoms with E-state index in [-0.39, 0.29) is 23.0 Å². The van der Waals surface area contributed by atoms with Gasteiger partial charge in [0.1, 0.15) is 11.4 Å². The lowest BCUT2D eigenvalue weighted by molar-refractivity contribution is -0.133. The van der Waals surface area contributed by atoms with E-state index >= 15 is 0 Å². The molecule has 0 aliphatic heterocycles. The van der Waals surface area contributed by atoms with Gasteiger partial charge in [-0.25, -0.2) is 9.78 Å². The molecule has 2 aromatic rings. The second-order valence-electron chi connectivity index (χ2n) is 7.48. The summed E-state index contributed by atoms with van der Waals surface area (Å²) in [5.74, 6) is -1.21. The van der Waals surface area contributed by atoms with Crippen LogP contribution in [0.3, 0.4) is 0 Å². The van der Waals surface area contributed by atoms with Crippen LogP contribution in [-0.2, 0) is 15.0 Å². The van der Waals surface area contributed by atoms with Crippen molar-refractivity contribution in [2.24, 2.45) is 5.73 Å². The predicted molar refractivity (Wildman–Crippen MR) is 101 cm³/mol. The molecule has 0 fully saturated rings. The summed E-state index contributed by atoms with van der Waals surface area (Å²) in [6, 6.07) is 1.92. The van der Waals surface area contributed by atoms with E-state index < -0.39 is 23.3 Å². The van der Waals surface area contributed by atoms with Gasteiger partial charge < -0.3 is 25.8 Å². The number of nitrogens with two attached hydrogens (primary N) is 1. The third-order valence-corrected chi connectivity index (χ3v) is 5.01. The lowest BCUT2D eigenvalue weighted by Gasteiger charge is -2.28. The molecule has 1 aliphatic carbocycles. The summed E-state index contributed by atoms with van der Waals surface area (Å²) < 4.78 is 5.30. The minimum absolute atomic E-state index is 0.00855. The molecule has 5 N–H and O–H groups in total. The van der Waals surface area contributed by atoms with Gasteiger partial charge in [-0.2, -0.15) is 4.98 Å². The number of hydrogen-bond donors (Lipinski definition) is 4. The number of carboxylic acid groups (broad SMARTS) is 1. The van der Waals surface area contributed by atoms with Gasteiger partial charge in [-0.05, 0) is 51.7 Å². The van der Waals surface area contributed by atoms with Crippen LogP contribution in [0.1, 0.15) is 45.4 Å². The lowest BCUT2D eigenvalue weighted by atomic mass is 9.84. The normalized spacial score (nSPS) is 15.8. The molecule has 0 saturated heterocycles. The molecule has 0 bridgehead atoms. The number of nitrogens with zero attached hydrogens (tertiary/aromatic N) is 3. The van der Waals surface area contributed by atoms with Crippen LogP contribution in [0, 0.1) is 0 Å². The summed E-state index contributed by atoms with van der Waals surface area (Å²) in [7, 11) is 0. The molecule has 0 spiro atoms. The average molecular weight is 401 g/mol. The first-order chi connectivity index (χ1) is 13.7. The molecule has 0 radical (unpaired) electrons. The van der Waals surface area contributed by atoms with Gasteiger partial charge in [-0.1, -0.05) is 5.16 Å². The van der Waals surface area contributed by atoms with Crippen LogP contribution in [0.5, 0.6) is 5.75 Å². The Morgan fingerprint density at radius 2 is 2.00 bits per heavy atom. The van der Waals surface area contributed by atoms with Gasteiger partial charge in [-0.15, -0.1) is 0 Å². The minimum atomic E-state index is -1.06. The number of nitrogens with one attached hydrogen (secondary N) is 1. The molecule has 1 unspecified atom stereocenters. The molecule has 1 atom stereocenters. The van der Waals surface area contributed by atoms with Crippen molar-refractivity contribution in [1.29, 1.82) is 0 Å². The molecule has 2 heterocycles. The Morgan fingerprint density at radius 3 is 2.66 bits per heavy atom. The Hall–Kier alpha value is -3.27. The SMILES string of the molecule is CC(C)(c1nc(-c2ccc(O)cn2)no1)C(N)C(=O)NC1=C(C(=O)O)CCCC1. The number of carbonyl (C=O) groups is 2. The number of aromatic nitrogens is 3. The number of aromatic hydroxyl groups is 1. The molecule has 154 valence electrons. The van der Waals surface area contributed by atoms with Gasteiger partial charge in [0.2, 0.25) is 17.6 Å². The molecule has 10 heteroatoms. The maximum atomic E-state index is 12.7. The molecule has 1 amide bonds. The number of carboxylic acids is 1. The van der Waals surface area contributed by atoms with E-state index in [1.807, 2.05) is 0 Å². The van der Waals surface area contributed by atoms with Crippen molar-refractivity contribution in [3.05, 3.63) is 35.5 Å². The zero-order valence-corrected chi connectivity index (χ0v) is 16.2. The second-order valence-corrected chi connectivity index (χ2v) is 7.48. The molecule has 2 aromatic heterocycles. The molecular weight excluding hydrogens is 378 g/mol. The topological polar surface area (TPSA) is 164 Å². The number of carbonyl (C=O) groups excluding carboxylic acids is 1. The number of aliphatic carboxylic acids is 1. The summed E-state index contributed by atoms with van der Waals surface area (Å²) in [6.45, 7) is 3.37. The highest BCUT2D eigenvalue weighted by atomic mass is 16.5. The summed E-state index contributed by atoms with van der Waals surface area (Å²) in [5, 5.41) is 25.2. The Balaban J connectivity index is 1.79. The minimum Gasteiger partial charge on any atom is -0.506 e. The van der Waals surface area contributed by atoms with Crippen LogP contribution < -0.4 is 11.1 Å². The average Bonchev–Trinajstić information content (AvgIpc) is 3.19. The molecule has 0 saturated carbocycles. The van der Waals surface area contributed by atoms with Crippen LogP contribution in [0.15, 0.2) is 34.1 Å². The van der Waals surface area contributed by atoms with E-state index in [4.69, 9.17) is 10.3 Å². The third-order valence-electron chi connectivity index (χ3n) is 5.01. The molecule has 0 aromatic carbocycles. The Bertz CT molecular complexity index is 948. The smallest absolute Gasteiger partial charge is 0.333 e. The van der Waals surface area contributed by atoms with E-state index in [1.54, 1.807) is 13.8 Å². The van der Waals surface area contributed by atoms with E-state index in [9.17, 15) is 19.8 Å². The lowest BCUT2D eigenvalue weighted by Crippen LogP contribution is -2.52. The molecule has 3 rings (SSSR count). The Labute approximate surface area is 166 Å². The van der Waals surface area contributed by atoms with Crippen molar-refractivity contribution in [1.82, 2.24) is 20.4 Å². The van der Waals surface area contributed by atoms with Crippen molar-refractivity contribution in [3.8, 4) is 17.3 Å². The van der Waals surface area contributed by atoms with Gasteiger partial charge in [-0.3, -0.25) is 4.79 Å². The summed E-state index contributed by atoms with van der Waals surface area (Å²) >= 11 is 0. The standard InChI is InChI=1S/C19H23N5O5/c1-19(2,18-23-15(24-29-18)13-8-7-10(25)9-21-13)14(20)16(26)22-12-6-4-3-5-11(12)17(27)28/h7-9,14,25H,3-6,20H2,1-2H3,(H,22,26)(H,27,28). The summed E-state index contributed by atoms with van der Waals surface area (Å²) in [6.07, 6.45) is 3.73. The van der Waals surface area contributed by atoms with Crippen molar-refractivity contribution in [2.45, 2.75) is 51.0 Å². The quantitative estimate of drug-likeness (QED) is 0.561. The number of hydrogen-bond acceptors (Lipinski definition) is 8. The monoisotopic (exact) mass is 401 g/mol. The van der Waals surface area contributed by atoms with Gasteiger partial charge in [0.25, 0.3) is 0 Å². The van der Waals surface area contributed by atoms with Gasteiger partial charge in [0, 0.05) is 5.70 Å². The summed E-state index contributed by atoms with van der Waals surface area (Å²) in [4.78, 5) is 32.4. The number of allylic oxidation sites excluding steroid dienone is 1. The van der Waals surface area contributed by atoms with Crippen LogP contribution in [0.4, 0.5) is 0 Å². The fraction of sp³-hybridized carbons (Fsp3) is 0.421. The van der Waals surface area contributed by atoms with Gasteiger partial charge >= 0.3 is 5.97 Å². The predicted octanol–water partition coefficient (Wildman–Crippen LogP) is 1.47. The first-order valence-corrected chi connectivity index (χ1v) is 9.21. The van der Waals surface area contributed by atoms with Crippen molar-refractivity contribution in [3.63, 3.8) is 0 Å². The number of amides is 1. The molecule has 10 nitrogen and oxygen atoms in total. The molecule has 29 heavy (non-hydrogen) atoms. The van der Waals surface area contributed by atoms with Crippen LogP contribution in [0.2, 0.25) is 0 Å². The highest BCUT2D eigenvalue weighted by Gasteiger charge is 2.39. The highest BCUT2D eigenvalue weighted by molar-refractivity contribution is 5.90. The number of pyridine rings is 1. The third kappa shape index (κ3) is 4.27. The van der Waals surface area contributed by atoms with Crippen LogP contribution in [0.25, 0.3) is 11.5 Å². The summed E-state index contributed by atoms with van der Waals surface area (Å²) in [5.41, 5.74) is 6.16. The van der Waals surface area contributed by atoms with E-state index in [1.165, 1.54) is 18.3 Å². The van der Waals surface area contributed by atoms with Gasteiger partial charge in [0.05, 0.1) is 23.2 Å². The Morgan fingerprint density at radius 1 is 1.28 bits per heavy atom. The highest BCUT2D eigenvalue weighted by Crippen LogP contribution is 2.28. The first kappa shape index (κ1) is 20.5. The maximum absolute atomic E-state index is 12.7. The second kappa shape index (κ2) is 8.00. The van der Waals surface area contributed by atoms with E-state index in [0.29, 0.717) is 24.2 Å². The molecule has 1 aliphatic rings. The Kier molecular flexibility index (Phi) is 5.64. The maximum Gasteiger partial charge on any atom is 0.333 e. The fourth-order valence-electron chi connectivity index (χ4n) is 3.07. The molecular formula is C19H23N5O5. The van der Waals surface area contributed by atoms with E-state index in [2.05, 4.69) is 20.4 Å². The van der Waals surface area contributed by atoms with E-state index in [0.717, 1.165) is 12.8 Å². The zero-order chi connectivity index (χ0) is 21.2. The van der Waals surface area contributed by atoms with Crippen molar-refractivity contribution < 1.29 is 24.3 Å². The zero-order valence-electron chi connectivity index (χ0n) is 16.2.